The Balaban J connectivity index is 2.28. The van der Waals surface area contributed by atoms with Gasteiger partial charge in [0.2, 0.25) is 5.91 Å². The van der Waals surface area contributed by atoms with Crippen LogP contribution in [0.3, 0.4) is 0 Å². The van der Waals surface area contributed by atoms with Crippen LogP contribution < -0.4 is 5.32 Å². The highest BCUT2D eigenvalue weighted by Gasteiger charge is 2.27. The number of likely N-dealkylation sites (tertiary alicyclic amines) is 1. The van der Waals surface area contributed by atoms with Crippen molar-refractivity contribution >= 4 is 17.8 Å². The summed E-state index contributed by atoms with van der Waals surface area (Å²) in [5.41, 5.74) is 0. The van der Waals surface area contributed by atoms with Crippen LogP contribution in [0.4, 0.5) is 0 Å². The van der Waals surface area contributed by atoms with Gasteiger partial charge in [-0.2, -0.15) is 0 Å². The van der Waals surface area contributed by atoms with Gasteiger partial charge in [0.05, 0.1) is 32.6 Å². The Hall–Kier alpha value is -1.63. The quantitative estimate of drug-likeness (QED) is 0.663. The summed E-state index contributed by atoms with van der Waals surface area (Å²) in [5.74, 6) is -0.839. The topological polar surface area (TPSA) is 84.9 Å². The minimum atomic E-state index is -0.351. The van der Waals surface area contributed by atoms with Crippen LogP contribution in [-0.4, -0.2) is 62.6 Å². The molecule has 0 radical (unpaired) electrons. The van der Waals surface area contributed by atoms with Crippen LogP contribution in [0.15, 0.2) is 0 Å². The molecule has 21 heavy (non-hydrogen) atoms. The maximum absolute atomic E-state index is 11.8. The second-order valence-electron chi connectivity index (χ2n) is 5.00. The molecule has 7 nitrogen and oxygen atoms in total. The molecule has 1 N–H and O–H groups in total. The van der Waals surface area contributed by atoms with Gasteiger partial charge in [-0.25, -0.2) is 0 Å². The summed E-state index contributed by atoms with van der Waals surface area (Å²) in [7, 11) is 1.31. The van der Waals surface area contributed by atoms with E-state index in [0.29, 0.717) is 13.2 Å². The molecule has 1 rings (SSSR count). The summed E-state index contributed by atoms with van der Waals surface area (Å²) >= 11 is 0. The van der Waals surface area contributed by atoms with Crippen molar-refractivity contribution in [2.75, 3.05) is 39.9 Å². The first kappa shape index (κ1) is 17.4. The molecule has 7 heteroatoms. The fourth-order valence-corrected chi connectivity index (χ4v) is 2.32. The molecule has 0 aliphatic carbocycles. The number of carbonyl (C=O) groups excluding carboxylic acids is 3. The molecule has 120 valence electrons. The normalized spacial score (nSPS) is 18.9. The minimum absolute atomic E-state index is 0.150. The van der Waals surface area contributed by atoms with E-state index in [1.165, 1.54) is 7.11 Å². The molecule has 1 heterocycles. The number of piperidine rings is 1. The standard InChI is InChI=1S/C14H24N2O5/c1-3-21-14(19)11-5-4-8-16(9-11)10-12(17)15-7-6-13(18)20-2/h11H,3-10H2,1-2H3,(H,15,17). The molecule has 0 bridgehead atoms. The van der Waals surface area contributed by atoms with Crippen LogP contribution in [-0.2, 0) is 23.9 Å². The molecule has 1 aliphatic heterocycles. The molecule has 1 atom stereocenters. The Morgan fingerprint density at radius 2 is 2.10 bits per heavy atom. The average Bonchev–Trinajstić information content (AvgIpc) is 2.47. The summed E-state index contributed by atoms with van der Waals surface area (Å²) in [5, 5.41) is 2.67. The number of nitrogens with one attached hydrogen (secondary N) is 1. The van der Waals surface area contributed by atoms with Crippen molar-refractivity contribution in [2.45, 2.75) is 26.2 Å². The molecular weight excluding hydrogens is 276 g/mol. The van der Waals surface area contributed by atoms with Gasteiger partial charge in [0, 0.05) is 13.1 Å². The molecular formula is C14H24N2O5. The first-order chi connectivity index (χ1) is 10.1. The Labute approximate surface area is 124 Å². The third kappa shape index (κ3) is 6.57. The van der Waals surface area contributed by atoms with Gasteiger partial charge in [0.1, 0.15) is 0 Å². The lowest BCUT2D eigenvalue weighted by Crippen LogP contribution is -2.44. The predicted molar refractivity (Wildman–Crippen MR) is 75.4 cm³/mol. The van der Waals surface area contributed by atoms with Gasteiger partial charge in [-0.3, -0.25) is 19.3 Å². The summed E-state index contributed by atoms with van der Waals surface area (Å²) in [4.78, 5) is 36.3. The van der Waals surface area contributed by atoms with Crippen molar-refractivity contribution in [1.82, 2.24) is 10.2 Å². The first-order valence-corrected chi connectivity index (χ1v) is 7.29. The lowest BCUT2D eigenvalue weighted by atomic mass is 9.98. The lowest BCUT2D eigenvalue weighted by molar-refractivity contribution is -0.150. The van der Waals surface area contributed by atoms with Gasteiger partial charge >= 0.3 is 11.9 Å². The van der Waals surface area contributed by atoms with E-state index >= 15 is 0 Å². The number of rotatable bonds is 7. The van der Waals surface area contributed by atoms with Crippen LogP contribution in [0, 0.1) is 5.92 Å². The highest BCUT2D eigenvalue weighted by molar-refractivity contribution is 5.79. The van der Waals surface area contributed by atoms with E-state index in [-0.39, 0.29) is 43.3 Å². The van der Waals surface area contributed by atoms with Crippen molar-refractivity contribution in [3.63, 3.8) is 0 Å². The van der Waals surface area contributed by atoms with E-state index in [2.05, 4.69) is 10.1 Å². The lowest BCUT2D eigenvalue weighted by Gasteiger charge is -2.30. The van der Waals surface area contributed by atoms with Crippen molar-refractivity contribution in [2.24, 2.45) is 5.92 Å². The minimum Gasteiger partial charge on any atom is -0.469 e. The molecule has 0 spiro atoms. The average molecular weight is 300 g/mol. The second-order valence-corrected chi connectivity index (χ2v) is 5.00. The fraction of sp³-hybridized carbons (Fsp3) is 0.786. The van der Waals surface area contributed by atoms with Crippen LogP contribution in [0.2, 0.25) is 0 Å². The third-order valence-electron chi connectivity index (χ3n) is 3.37. The summed E-state index contributed by atoms with van der Waals surface area (Å²) in [6.45, 7) is 4.00. The number of methoxy groups -OCH3 is 1. The third-order valence-corrected chi connectivity index (χ3v) is 3.37. The van der Waals surface area contributed by atoms with E-state index in [1.54, 1.807) is 6.92 Å². The molecule has 1 fully saturated rings. The van der Waals surface area contributed by atoms with E-state index in [0.717, 1.165) is 19.4 Å². The van der Waals surface area contributed by atoms with Crippen molar-refractivity contribution in [3.8, 4) is 0 Å². The smallest absolute Gasteiger partial charge is 0.310 e. The van der Waals surface area contributed by atoms with Gasteiger partial charge in [-0.1, -0.05) is 0 Å². The Morgan fingerprint density at radius 1 is 1.33 bits per heavy atom. The maximum atomic E-state index is 11.8. The van der Waals surface area contributed by atoms with Gasteiger partial charge < -0.3 is 14.8 Å². The maximum Gasteiger partial charge on any atom is 0.310 e. The SMILES string of the molecule is CCOC(=O)C1CCCN(CC(=O)NCCC(=O)OC)C1. The number of hydrogen-bond donors (Lipinski definition) is 1. The number of esters is 2. The van der Waals surface area contributed by atoms with Crippen LogP contribution >= 0.6 is 0 Å². The summed E-state index contributed by atoms with van der Waals surface area (Å²) < 4.78 is 9.51. The number of amides is 1. The Morgan fingerprint density at radius 3 is 2.76 bits per heavy atom. The number of hydrogen-bond acceptors (Lipinski definition) is 6. The van der Waals surface area contributed by atoms with Crippen molar-refractivity contribution in [3.05, 3.63) is 0 Å². The van der Waals surface area contributed by atoms with Crippen LogP contribution in [0.1, 0.15) is 26.2 Å². The fourth-order valence-electron chi connectivity index (χ4n) is 2.32. The van der Waals surface area contributed by atoms with Gasteiger partial charge in [0.15, 0.2) is 0 Å². The Kier molecular flexibility index (Phi) is 7.74. The first-order valence-electron chi connectivity index (χ1n) is 7.29. The van der Waals surface area contributed by atoms with E-state index in [1.807, 2.05) is 4.90 Å². The predicted octanol–water partition coefficient (Wildman–Crippen LogP) is -0.0592. The zero-order valence-electron chi connectivity index (χ0n) is 12.7. The molecule has 1 saturated heterocycles. The Bertz CT molecular complexity index is 372. The second kappa shape index (κ2) is 9.33. The van der Waals surface area contributed by atoms with E-state index in [4.69, 9.17) is 4.74 Å². The van der Waals surface area contributed by atoms with Crippen LogP contribution in [0.5, 0.6) is 0 Å². The highest BCUT2D eigenvalue weighted by atomic mass is 16.5. The molecule has 1 aliphatic rings. The molecule has 1 unspecified atom stereocenters. The zero-order valence-corrected chi connectivity index (χ0v) is 12.7. The molecule has 0 aromatic carbocycles. The highest BCUT2D eigenvalue weighted by Crippen LogP contribution is 2.17. The molecule has 0 aromatic rings. The van der Waals surface area contributed by atoms with Gasteiger partial charge in [0.25, 0.3) is 0 Å². The van der Waals surface area contributed by atoms with E-state index < -0.39 is 0 Å². The molecule has 0 aromatic heterocycles. The van der Waals surface area contributed by atoms with Crippen molar-refractivity contribution in [1.29, 1.82) is 0 Å². The molecule has 0 saturated carbocycles. The van der Waals surface area contributed by atoms with E-state index in [9.17, 15) is 14.4 Å². The molecule has 1 amide bonds. The monoisotopic (exact) mass is 300 g/mol. The zero-order chi connectivity index (χ0) is 15.7. The largest absolute Gasteiger partial charge is 0.469 e. The summed E-state index contributed by atoms with van der Waals surface area (Å²) in [6, 6.07) is 0. The van der Waals surface area contributed by atoms with Gasteiger partial charge in [-0.05, 0) is 26.3 Å². The number of nitrogens with zero attached hydrogens (tertiary/aromatic N) is 1. The number of ether oxygens (including phenoxy) is 2. The summed E-state index contributed by atoms with van der Waals surface area (Å²) in [6.07, 6.45) is 1.84. The van der Waals surface area contributed by atoms with Gasteiger partial charge in [-0.15, -0.1) is 0 Å². The van der Waals surface area contributed by atoms with Crippen molar-refractivity contribution < 1.29 is 23.9 Å². The number of carbonyl (C=O) groups is 3. The van der Waals surface area contributed by atoms with Crippen LogP contribution in [0.25, 0.3) is 0 Å².